The summed E-state index contributed by atoms with van der Waals surface area (Å²) in [5.41, 5.74) is 0. The van der Waals surface area contributed by atoms with Gasteiger partial charge in [0.05, 0.1) is 0 Å². The molecule has 0 radical (unpaired) electrons. The third kappa shape index (κ3) is 4.19. The Morgan fingerprint density at radius 2 is 1.74 bits per heavy atom. The lowest BCUT2D eigenvalue weighted by molar-refractivity contribution is 0.0628. The molecule has 2 aliphatic rings. The van der Waals surface area contributed by atoms with Crippen molar-refractivity contribution in [2.75, 3.05) is 19.6 Å². The largest absolute Gasteiger partial charge is 0.311 e. The van der Waals surface area contributed by atoms with Gasteiger partial charge in [0.1, 0.15) is 0 Å². The summed E-state index contributed by atoms with van der Waals surface area (Å²) in [6, 6.07) is 1.50. The minimum absolute atomic E-state index is 0.738. The zero-order valence-corrected chi connectivity index (χ0v) is 13.5. The van der Waals surface area contributed by atoms with E-state index in [1.54, 1.807) is 0 Å². The fraction of sp³-hybridized carbons (Fsp3) is 1.00. The van der Waals surface area contributed by atoms with E-state index in [1.807, 2.05) is 0 Å². The summed E-state index contributed by atoms with van der Waals surface area (Å²) in [6.45, 7) is 13.2. The van der Waals surface area contributed by atoms with Gasteiger partial charge in [-0.15, -0.1) is 0 Å². The predicted octanol–water partition coefficient (Wildman–Crippen LogP) is 3.52. The standard InChI is InChI=1S/C17H34N2/c1-13(2)11-19-12-16(15-8-6-5-7-9-15)18-10-17(19)14(3)4/h13-18H,5-12H2,1-4H3. The van der Waals surface area contributed by atoms with Crippen molar-refractivity contribution in [3.05, 3.63) is 0 Å². The lowest BCUT2D eigenvalue weighted by Gasteiger charge is -2.46. The average Bonchev–Trinajstić information content (AvgIpc) is 2.38. The van der Waals surface area contributed by atoms with E-state index >= 15 is 0 Å². The van der Waals surface area contributed by atoms with Gasteiger partial charge >= 0.3 is 0 Å². The fourth-order valence-electron chi connectivity index (χ4n) is 4.04. The molecule has 0 aromatic rings. The van der Waals surface area contributed by atoms with E-state index in [9.17, 15) is 0 Å². The van der Waals surface area contributed by atoms with E-state index in [2.05, 4.69) is 37.9 Å². The van der Waals surface area contributed by atoms with Gasteiger partial charge < -0.3 is 5.32 Å². The smallest absolute Gasteiger partial charge is 0.0244 e. The number of hydrogen-bond donors (Lipinski definition) is 1. The van der Waals surface area contributed by atoms with E-state index in [0.717, 1.165) is 29.8 Å². The van der Waals surface area contributed by atoms with Crippen LogP contribution in [0.15, 0.2) is 0 Å². The molecule has 1 saturated carbocycles. The zero-order valence-electron chi connectivity index (χ0n) is 13.5. The van der Waals surface area contributed by atoms with Gasteiger partial charge in [-0.05, 0) is 30.6 Å². The van der Waals surface area contributed by atoms with Crippen molar-refractivity contribution in [3.63, 3.8) is 0 Å². The molecule has 112 valence electrons. The van der Waals surface area contributed by atoms with Crippen LogP contribution in [-0.2, 0) is 0 Å². The van der Waals surface area contributed by atoms with Crippen LogP contribution in [0.25, 0.3) is 0 Å². The Morgan fingerprint density at radius 3 is 2.32 bits per heavy atom. The van der Waals surface area contributed by atoms with Crippen LogP contribution in [-0.4, -0.2) is 36.6 Å². The molecule has 1 heterocycles. The van der Waals surface area contributed by atoms with Crippen LogP contribution in [0, 0.1) is 17.8 Å². The topological polar surface area (TPSA) is 15.3 Å². The first-order valence-corrected chi connectivity index (χ1v) is 8.55. The van der Waals surface area contributed by atoms with Crippen molar-refractivity contribution in [1.82, 2.24) is 10.2 Å². The van der Waals surface area contributed by atoms with E-state index in [1.165, 1.54) is 51.7 Å². The number of piperazine rings is 1. The zero-order chi connectivity index (χ0) is 13.8. The Hall–Kier alpha value is -0.0800. The van der Waals surface area contributed by atoms with Crippen LogP contribution in [0.4, 0.5) is 0 Å². The highest BCUT2D eigenvalue weighted by Crippen LogP contribution is 2.29. The lowest BCUT2D eigenvalue weighted by Crippen LogP contribution is -2.60. The highest BCUT2D eigenvalue weighted by Gasteiger charge is 2.33. The molecule has 1 saturated heterocycles. The van der Waals surface area contributed by atoms with Crippen LogP contribution in [0.3, 0.4) is 0 Å². The van der Waals surface area contributed by atoms with Gasteiger partial charge in [-0.3, -0.25) is 4.90 Å². The minimum atomic E-state index is 0.738. The van der Waals surface area contributed by atoms with E-state index < -0.39 is 0 Å². The van der Waals surface area contributed by atoms with Crippen molar-refractivity contribution in [3.8, 4) is 0 Å². The first-order valence-electron chi connectivity index (χ1n) is 8.55. The van der Waals surface area contributed by atoms with E-state index in [4.69, 9.17) is 0 Å². The van der Waals surface area contributed by atoms with Crippen LogP contribution in [0.2, 0.25) is 0 Å². The summed E-state index contributed by atoms with van der Waals surface area (Å²) in [7, 11) is 0. The molecule has 2 unspecified atom stereocenters. The average molecular weight is 266 g/mol. The van der Waals surface area contributed by atoms with Gasteiger partial charge in [0.15, 0.2) is 0 Å². The summed E-state index contributed by atoms with van der Waals surface area (Å²) in [6.07, 6.45) is 7.30. The Labute approximate surface area is 120 Å². The first-order chi connectivity index (χ1) is 9.08. The maximum absolute atomic E-state index is 3.88. The van der Waals surface area contributed by atoms with Gasteiger partial charge in [0.25, 0.3) is 0 Å². The second-order valence-corrected chi connectivity index (χ2v) is 7.57. The third-order valence-corrected chi connectivity index (χ3v) is 5.08. The summed E-state index contributed by atoms with van der Waals surface area (Å²) in [5, 5.41) is 3.88. The van der Waals surface area contributed by atoms with Gasteiger partial charge in [0, 0.05) is 31.7 Å². The van der Waals surface area contributed by atoms with Crippen LogP contribution in [0.1, 0.15) is 59.8 Å². The van der Waals surface area contributed by atoms with Crippen LogP contribution in [0.5, 0.6) is 0 Å². The molecule has 1 aliphatic carbocycles. The Kier molecular flexibility index (Phi) is 5.70. The SMILES string of the molecule is CC(C)CN1CC(C2CCCCC2)NCC1C(C)C. The molecule has 2 atom stereocenters. The van der Waals surface area contributed by atoms with Gasteiger partial charge in [-0.25, -0.2) is 0 Å². The summed E-state index contributed by atoms with van der Waals surface area (Å²) in [4.78, 5) is 2.78. The van der Waals surface area contributed by atoms with Crippen molar-refractivity contribution in [2.45, 2.75) is 71.9 Å². The Bertz CT molecular complexity index is 256. The molecule has 0 spiro atoms. The number of hydrogen-bond acceptors (Lipinski definition) is 2. The number of nitrogens with zero attached hydrogens (tertiary/aromatic N) is 1. The van der Waals surface area contributed by atoms with Gasteiger partial charge in [0.2, 0.25) is 0 Å². The van der Waals surface area contributed by atoms with E-state index in [0.29, 0.717) is 0 Å². The predicted molar refractivity (Wildman–Crippen MR) is 83.4 cm³/mol. The van der Waals surface area contributed by atoms with Crippen molar-refractivity contribution < 1.29 is 0 Å². The molecule has 19 heavy (non-hydrogen) atoms. The molecular formula is C17H34N2. The quantitative estimate of drug-likeness (QED) is 0.837. The molecule has 2 nitrogen and oxygen atoms in total. The monoisotopic (exact) mass is 266 g/mol. The van der Waals surface area contributed by atoms with Crippen molar-refractivity contribution in [1.29, 1.82) is 0 Å². The van der Waals surface area contributed by atoms with E-state index in [-0.39, 0.29) is 0 Å². The van der Waals surface area contributed by atoms with Gasteiger partial charge in [-0.1, -0.05) is 47.0 Å². The number of rotatable bonds is 4. The van der Waals surface area contributed by atoms with Gasteiger partial charge in [-0.2, -0.15) is 0 Å². The molecule has 0 bridgehead atoms. The molecule has 2 heteroatoms. The third-order valence-electron chi connectivity index (χ3n) is 5.08. The minimum Gasteiger partial charge on any atom is -0.311 e. The molecule has 0 aromatic heterocycles. The van der Waals surface area contributed by atoms with Crippen molar-refractivity contribution in [2.24, 2.45) is 17.8 Å². The second kappa shape index (κ2) is 7.08. The van der Waals surface area contributed by atoms with Crippen LogP contribution < -0.4 is 5.32 Å². The molecule has 2 fully saturated rings. The first kappa shape index (κ1) is 15.3. The summed E-state index contributed by atoms with van der Waals surface area (Å²) >= 11 is 0. The lowest BCUT2D eigenvalue weighted by atomic mass is 9.82. The molecule has 0 amide bonds. The normalized spacial score (nSPS) is 31.3. The maximum Gasteiger partial charge on any atom is 0.0244 e. The maximum atomic E-state index is 3.88. The molecule has 1 N–H and O–H groups in total. The summed E-state index contributed by atoms with van der Waals surface area (Å²) < 4.78 is 0. The fourth-order valence-corrected chi connectivity index (χ4v) is 4.04. The van der Waals surface area contributed by atoms with Crippen LogP contribution >= 0.6 is 0 Å². The molecule has 2 rings (SSSR count). The molecular weight excluding hydrogens is 232 g/mol. The highest BCUT2D eigenvalue weighted by molar-refractivity contribution is 4.91. The van der Waals surface area contributed by atoms with Crippen molar-refractivity contribution >= 4 is 0 Å². The molecule has 0 aromatic carbocycles. The second-order valence-electron chi connectivity index (χ2n) is 7.57. The Balaban J connectivity index is 1.94. The highest BCUT2D eigenvalue weighted by atomic mass is 15.2. The Morgan fingerprint density at radius 1 is 1.05 bits per heavy atom. The summed E-state index contributed by atoms with van der Waals surface area (Å²) in [5.74, 6) is 2.49. The molecule has 1 aliphatic heterocycles. The number of nitrogens with one attached hydrogen (secondary N) is 1.